The van der Waals surface area contributed by atoms with Gasteiger partial charge in [0.2, 0.25) is 5.91 Å². The smallest absolute Gasteiger partial charge is 0.226 e. The zero-order valence-corrected chi connectivity index (χ0v) is 29.0. The molecule has 4 aliphatic rings. The van der Waals surface area contributed by atoms with Crippen LogP contribution in [0.3, 0.4) is 0 Å². The first-order valence-corrected chi connectivity index (χ1v) is 19.2. The fourth-order valence-corrected chi connectivity index (χ4v) is 10.7. The van der Waals surface area contributed by atoms with Crippen LogP contribution in [0.25, 0.3) is 10.8 Å². The standard InChI is InChI=1S/C43H56FNO3/c1-43-27-38(44)42-36-19-18-35(46)26-34(36)25-33(41(42)37(43)20-21-39(43)47)15-7-2-3-10-22-45(28-29-11-5-4-6-12-29)40(48)24-30-16-17-31-13-8-9-14-32(31)23-30/h8-9,13-14,16-19,23,26,29,33,37-39,41-42,46-47H,2-7,10-12,15,20-22,24-25,27-28H2,1H3/t33-,37?,38+,39+,41?,42?,43+/m1/s1. The van der Waals surface area contributed by atoms with E-state index in [1.165, 1.54) is 42.9 Å². The monoisotopic (exact) mass is 653 g/mol. The second kappa shape index (κ2) is 14.5. The third-order valence-corrected chi connectivity index (χ3v) is 13.3. The Kier molecular flexibility index (Phi) is 10.2. The Morgan fingerprint density at radius 1 is 0.917 bits per heavy atom. The molecule has 0 aliphatic heterocycles. The molecule has 2 N–H and O–H groups in total. The normalized spacial score (nSPS) is 30.1. The average Bonchev–Trinajstić information content (AvgIpc) is 3.38. The molecule has 3 saturated carbocycles. The summed E-state index contributed by atoms with van der Waals surface area (Å²) in [4.78, 5) is 15.9. The summed E-state index contributed by atoms with van der Waals surface area (Å²) >= 11 is 0. The van der Waals surface area contributed by atoms with Crippen LogP contribution in [0.15, 0.2) is 60.7 Å². The van der Waals surface area contributed by atoms with Crippen LogP contribution in [0.4, 0.5) is 4.39 Å². The summed E-state index contributed by atoms with van der Waals surface area (Å²) < 4.78 is 16.1. The molecule has 5 heteroatoms. The lowest BCUT2D eigenvalue weighted by molar-refractivity contribution is -0.131. The molecule has 3 fully saturated rings. The number of alkyl halides is 1. The van der Waals surface area contributed by atoms with Crippen LogP contribution in [0.1, 0.15) is 113 Å². The lowest BCUT2D eigenvalue weighted by atomic mass is 9.51. The Morgan fingerprint density at radius 2 is 1.71 bits per heavy atom. The van der Waals surface area contributed by atoms with E-state index in [2.05, 4.69) is 54.3 Å². The molecule has 258 valence electrons. The van der Waals surface area contributed by atoms with E-state index >= 15 is 4.39 Å². The molecule has 3 unspecified atom stereocenters. The molecule has 1 amide bonds. The number of hydrogen-bond donors (Lipinski definition) is 2. The van der Waals surface area contributed by atoms with Crippen LogP contribution in [0.5, 0.6) is 5.75 Å². The van der Waals surface area contributed by atoms with Gasteiger partial charge < -0.3 is 15.1 Å². The molecule has 7 atom stereocenters. The Balaban J connectivity index is 0.970. The first kappa shape index (κ1) is 33.6. The third-order valence-electron chi connectivity index (χ3n) is 13.3. The number of halogens is 1. The van der Waals surface area contributed by atoms with Crippen LogP contribution in [0.2, 0.25) is 0 Å². The fourth-order valence-electron chi connectivity index (χ4n) is 10.7. The van der Waals surface area contributed by atoms with Crippen molar-refractivity contribution in [3.8, 4) is 5.75 Å². The quantitative estimate of drug-likeness (QED) is 0.203. The van der Waals surface area contributed by atoms with Gasteiger partial charge in [-0.3, -0.25) is 4.79 Å². The highest BCUT2D eigenvalue weighted by molar-refractivity contribution is 5.85. The van der Waals surface area contributed by atoms with Gasteiger partial charge in [-0.2, -0.15) is 0 Å². The summed E-state index contributed by atoms with van der Waals surface area (Å²) in [5, 5.41) is 23.7. The number of carbonyl (C=O) groups is 1. The first-order valence-electron chi connectivity index (χ1n) is 19.2. The summed E-state index contributed by atoms with van der Waals surface area (Å²) in [5.41, 5.74) is 2.97. The number of fused-ring (bicyclic) bond motifs is 6. The minimum atomic E-state index is -0.961. The van der Waals surface area contributed by atoms with Crippen molar-refractivity contribution < 1.29 is 19.4 Å². The summed E-state index contributed by atoms with van der Waals surface area (Å²) in [6.07, 6.45) is 13.9. The van der Waals surface area contributed by atoms with Gasteiger partial charge in [0.25, 0.3) is 0 Å². The van der Waals surface area contributed by atoms with Gasteiger partial charge in [0.15, 0.2) is 0 Å². The highest BCUT2D eigenvalue weighted by Gasteiger charge is 2.59. The lowest BCUT2D eigenvalue weighted by Gasteiger charge is -2.54. The van der Waals surface area contributed by atoms with Gasteiger partial charge in [-0.25, -0.2) is 4.39 Å². The van der Waals surface area contributed by atoms with Crippen LogP contribution >= 0.6 is 0 Å². The van der Waals surface area contributed by atoms with Gasteiger partial charge in [-0.15, -0.1) is 0 Å². The number of aliphatic hydroxyl groups is 1. The molecule has 7 rings (SSSR count). The number of hydrogen-bond acceptors (Lipinski definition) is 3. The summed E-state index contributed by atoms with van der Waals surface area (Å²) in [5.74, 6) is 1.96. The Labute approximate surface area is 287 Å². The van der Waals surface area contributed by atoms with Crippen LogP contribution < -0.4 is 0 Å². The summed E-state index contributed by atoms with van der Waals surface area (Å²) in [7, 11) is 0. The van der Waals surface area contributed by atoms with Gasteiger partial charge in [0.05, 0.1) is 12.5 Å². The van der Waals surface area contributed by atoms with Gasteiger partial charge >= 0.3 is 0 Å². The third kappa shape index (κ3) is 6.91. The van der Waals surface area contributed by atoms with Crippen molar-refractivity contribution in [3.05, 3.63) is 77.4 Å². The van der Waals surface area contributed by atoms with Gasteiger partial charge in [-0.05, 0) is 120 Å². The lowest BCUT2D eigenvalue weighted by Crippen LogP contribution is -2.51. The van der Waals surface area contributed by atoms with E-state index in [9.17, 15) is 15.0 Å². The molecule has 3 aromatic carbocycles. The predicted octanol–water partition coefficient (Wildman–Crippen LogP) is 9.54. The molecule has 0 saturated heterocycles. The topological polar surface area (TPSA) is 60.8 Å². The number of phenols is 1. The van der Waals surface area contributed by atoms with Crippen LogP contribution in [-0.2, 0) is 17.6 Å². The molecule has 3 aromatic rings. The molecule has 0 bridgehead atoms. The van der Waals surface area contributed by atoms with Crippen LogP contribution in [0, 0.1) is 29.1 Å². The van der Waals surface area contributed by atoms with E-state index in [-0.39, 0.29) is 28.9 Å². The van der Waals surface area contributed by atoms with Gasteiger partial charge in [0, 0.05) is 19.0 Å². The van der Waals surface area contributed by atoms with Crippen molar-refractivity contribution in [1.29, 1.82) is 0 Å². The minimum Gasteiger partial charge on any atom is -0.508 e. The molecular formula is C43H56FNO3. The molecule has 4 nitrogen and oxygen atoms in total. The van der Waals surface area contributed by atoms with Gasteiger partial charge in [0.1, 0.15) is 11.9 Å². The molecule has 48 heavy (non-hydrogen) atoms. The Bertz CT molecular complexity index is 1570. The second-order valence-electron chi connectivity index (χ2n) is 16.3. The second-order valence-corrected chi connectivity index (χ2v) is 16.3. The average molecular weight is 654 g/mol. The van der Waals surface area contributed by atoms with Crippen molar-refractivity contribution in [2.24, 2.45) is 29.1 Å². The zero-order valence-electron chi connectivity index (χ0n) is 29.0. The fraction of sp³-hybridized carbons (Fsp3) is 0.605. The van der Waals surface area contributed by atoms with Crippen molar-refractivity contribution >= 4 is 16.7 Å². The molecule has 4 aliphatic carbocycles. The number of carbonyl (C=O) groups excluding carboxylic acids is 1. The SMILES string of the molecule is C[C@]12C[C@H](F)C3c4ccc(O)cc4C[C@@H](CCCCCCN(CC4CCCCC4)C(=O)Cc4ccc5ccccc5c4)C3C1CC[C@@H]2O. The minimum absolute atomic E-state index is 0.135. The number of aromatic hydroxyl groups is 1. The zero-order chi connectivity index (χ0) is 33.3. The van der Waals surface area contributed by atoms with Crippen molar-refractivity contribution in [2.75, 3.05) is 13.1 Å². The largest absolute Gasteiger partial charge is 0.508 e. The van der Waals surface area contributed by atoms with E-state index in [0.717, 1.165) is 81.1 Å². The number of benzene rings is 3. The molecule has 0 aromatic heterocycles. The maximum atomic E-state index is 16.1. The van der Waals surface area contributed by atoms with E-state index in [0.29, 0.717) is 30.6 Å². The molecule has 0 spiro atoms. The maximum Gasteiger partial charge on any atom is 0.226 e. The highest BCUT2D eigenvalue weighted by Crippen LogP contribution is 2.63. The Hall–Kier alpha value is -2.92. The highest BCUT2D eigenvalue weighted by atomic mass is 19.1. The number of unbranched alkanes of at least 4 members (excludes halogenated alkanes) is 3. The van der Waals surface area contributed by atoms with E-state index < -0.39 is 12.3 Å². The summed E-state index contributed by atoms with van der Waals surface area (Å²) in [6, 6.07) is 20.4. The van der Waals surface area contributed by atoms with Crippen molar-refractivity contribution in [2.45, 2.75) is 121 Å². The van der Waals surface area contributed by atoms with E-state index in [1.54, 1.807) is 6.07 Å². The number of phenolic OH excluding ortho intramolecular Hbond substituents is 1. The van der Waals surface area contributed by atoms with E-state index in [1.807, 2.05) is 12.1 Å². The molecule has 0 radical (unpaired) electrons. The van der Waals surface area contributed by atoms with Crippen LogP contribution in [-0.4, -0.2) is 46.4 Å². The molecule has 0 heterocycles. The van der Waals surface area contributed by atoms with E-state index in [4.69, 9.17) is 0 Å². The van der Waals surface area contributed by atoms with Crippen molar-refractivity contribution in [1.82, 2.24) is 4.90 Å². The van der Waals surface area contributed by atoms with Gasteiger partial charge in [-0.1, -0.05) is 94.0 Å². The number of aliphatic hydroxyl groups excluding tert-OH is 1. The number of amides is 1. The number of rotatable bonds is 11. The van der Waals surface area contributed by atoms with Crippen molar-refractivity contribution in [3.63, 3.8) is 0 Å². The summed E-state index contributed by atoms with van der Waals surface area (Å²) in [6.45, 7) is 3.85. The number of nitrogens with zero attached hydrogens (tertiary/aromatic N) is 1. The molecular weight excluding hydrogens is 597 g/mol. The maximum absolute atomic E-state index is 16.1. The first-order chi connectivity index (χ1) is 23.3. The predicted molar refractivity (Wildman–Crippen MR) is 192 cm³/mol. The Morgan fingerprint density at radius 3 is 2.54 bits per heavy atom.